The maximum absolute atomic E-state index is 11.9. The number of aliphatic hydroxyl groups excluding tert-OH is 1. The van der Waals surface area contributed by atoms with Crippen LogP contribution in [0, 0.1) is 0 Å². The van der Waals surface area contributed by atoms with Gasteiger partial charge < -0.3 is 19.3 Å². The number of imidazole rings is 1. The number of carbonyl (C=O) groups excluding carboxylic acids is 1. The smallest absolute Gasteiger partial charge is 0.279 e. The molecule has 0 aliphatic carbocycles. The van der Waals surface area contributed by atoms with Crippen molar-refractivity contribution in [2.24, 2.45) is 4.99 Å². The standard InChI is InChI=1S/C16H17N5O3/c1-19-14(22)15(23)21-9-11-8-12(2-3-13(11)18-16(19)21)24-7-6-20-5-4-17-10-20/h2-5,8,10,15,23H,6-7,9H2,1H3. The maximum atomic E-state index is 11.9. The van der Waals surface area contributed by atoms with Crippen LogP contribution >= 0.6 is 0 Å². The highest BCUT2D eigenvalue weighted by Crippen LogP contribution is 2.33. The van der Waals surface area contributed by atoms with Crippen LogP contribution in [0.25, 0.3) is 0 Å². The van der Waals surface area contributed by atoms with Gasteiger partial charge in [-0.25, -0.2) is 9.98 Å². The average molecular weight is 327 g/mol. The molecule has 1 saturated heterocycles. The third kappa shape index (κ3) is 2.41. The van der Waals surface area contributed by atoms with Crippen LogP contribution in [-0.2, 0) is 17.9 Å². The Balaban J connectivity index is 1.49. The average Bonchev–Trinajstić information content (AvgIpc) is 3.18. The Morgan fingerprint density at radius 2 is 2.29 bits per heavy atom. The first-order valence-corrected chi connectivity index (χ1v) is 7.66. The number of hydrogen-bond acceptors (Lipinski definition) is 6. The van der Waals surface area contributed by atoms with E-state index in [2.05, 4.69) is 9.98 Å². The molecule has 3 heterocycles. The summed E-state index contributed by atoms with van der Waals surface area (Å²) in [6.07, 6.45) is 4.19. The van der Waals surface area contributed by atoms with E-state index < -0.39 is 6.23 Å². The molecule has 0 saturated carbocycles. The predicted octanol–water partition coefficient (Wildman–Crippen LogP) is 0.556. The molecule has 1 unspecified atom stereocenters. The van der Waals surface area contributed by atoms with E-state index in [0.717, 1.165) is 17.0 Å². The van der Waals surface area contributed by atoms with Gasteiger partial charge in [0, 0.05) is 25.0 Å². The number of benzene rings is 1. The molecule has 1 N–H and O–H groups in total. The topological polar surface area (TPSA) is 83.2 Å². The molecule has 8 heteroatoms. The zero-order valence-corrected chi connectivity index (χ0v) is 13.2. The van der Waals surface area contributed by atoms with E-state index in [1.807, 2.05) is 29.0 Å². The Hall–Kier alpha value is -2.87. The SMILES string of the molecule is CN1C(=O)C(O)N2Cc3cc(OCCn4ccnc4)ccc3N=C12. The highest BCUT2D eigenvalue weighted by Gasteiger charge is 2.42. The van der Waals surface area contributed by atoms with Gasteiger partial charge in [0.25, 0.3) is 5.91 Å². The van der Waals surface area contributed by atoms with Gasteiger partial charge in [-0.05, 0) is 18.2 Å². The summed E-state index contributed by atoms with van der Waals surface area (Å²) in [5, 5.41) is 10.0. The number of guanidine groups is 1. The lowest BCUT2D eigenvalue weighted by molar-refractivity contribution is -0.136. The second kappa shape index (κ2) is 5.64. The summed E-state index contributed by atoms with van der Waals surface area (Å²) in [4.78, 5) is 23.3. The lowest BCUT2D eigenvalue weighted by atomic mass is 10.1. The summed E-state index contributed by atoms with van der Waals surface area (Å²) in [6, 6.07) is 5.63. The molecule has 2 aromatic rings. The summed E-state index contributed by atoms with van der Waals surface area (Å²) in [6.45, 7) is 1.66. The number of aliphatic hydroxyl groups is 1. The van der Waals surface area contributed by atoms with Crippen LogP contribution in [0.2, 0.25) is 0 Å². The molecule has 0 spiro atoms. The van der Waals surface area contributed by atoms with Gasteiger partial charge in [-0.1, -0.05) is 0 Å². The van der Waals surface area contributed by atoms with Crippen molar-refractivity contribution in [3.63, 3.8) is 0 Å². The number of fused-ring (bicyclic) bond motifs is 2. The number of amides is 1. The zero-order chi connectivity index (χ0) is 16.7. The molecular weight excluding hydrogens is 310 g/mol. The lowest BCUT2D eigenvalue weighted by Gasteiger charge is -2.26. The molecule has 1 aromatic heterocycles. The molecule has 24 heavy (non-hydrogen) atoms. The number of rotatable bonds is 4. The first-order valence-electron chi connectivity index (χ1n) is 7.66. The van der Waals surface area contributed by atoms with Gasteiger partial charge in [0.15, 0.2) is 0 Å². The van der Waals surface area contributed by atoms with E-state index in [1.54, 1.807) is 24.5 Å². The quantitative estimate of drug-likeness (QED) is 0.887. The normalized spacial score (nSPS) is 19.2. The van der Waals surface area contributed by atoms with Gasteiger partial charge in [0.05, 0.1) is 25.1 Å². The van der Waals surface area contributed by atoms with Crippen LogP contribution in [0.15, 0.2) is 41.9 Å². The van der Waals surface area contributed by atoms with Gasteiger partial charge in [0.2, 0.25) is 12.2 Å². The number of hydrogen-bond donors (Lipinski definition) is 1. The minimum Gasteiger partial charge on any atom is -0.492 e. The van der Waals surface area contributed by atoms with Gasteiger partial charge in [-0.2, -0.15) is 0 Å². The van der Waals surface area contributed by atoms with Crippen LogP contribution in [0.3, 0.4) is 0 Å². The Morgan fingerprint density at radius 3 is 3.08 bits per heavy atom. The van der Waals surface area contributed by atoms with Crippen LogP contribution in [0.5, 0.6) is 5.75 Å². The Kier molecular flexibility index (Phi) is 3.46. The molecule has 2 aliphatic heterocycles. The molecule has 2 aliphatic rings. The van der Waals surface area contributed by atoms with Crippen molar-refractivity contribution >= 4 is 17.6 Å². The molecule has 1 atom stereocenters. The molecule has 8 nitrogen and oxygen atoms in total. The van der Waals surface area contributed by atoms with Crippen LogP contribution in [0.1, 0.15) is 5.56 Å². The van der Waals surface area contributed by atoms with Crippen LogP contribution in [0.4, 0.5) is 5.69 Å². The zero-order valence-electron chi connectivity index (χ0n) is 13.2. The first kappa shape index (κ1) is 14.7. The third-order valence-electron chi connectivity index (χ3n) is 4.19. The van der Waals surface area contributed by atoms with Crippen LogP contribution in [-0.4, -0.2) is 56.2 Å². The molecule has 1 fully saturated rings. The summed E-state index contributed by atoms with van der Waals surface area (Å²) in [5.41, 5.74) is 1.71. The minimum absolute atomic E-state index is 0.363. The lowest BCUT2D eigenvalue weighted by Crippen LogP contribution is -2.36. The van der Waals surface area contributed by atoms with E-state index in [9.17, 15) is 9.90 Å². The van der Waals surface area contributed by atoms with E-state index >= 15 is 0 Å². The Morgan fingerprint density at radius 1 is 1.42 bits per heavy atom. The molecular formula is C16H17N5O3. The monoisotopic (exact) mass is 327 g/mol. The van der Waals surface area contributed by atoms with Gasteiger partial charge >= 0.3 is 0 Å². The van der Waals surface area contributed by atoms with Crippen molar-refractivity contribution in [2.75, 3.05) is 13.7 Å². The van der Waals surface area contributed by atoms with Crippen molar-refractivity contribution in [3.8, 4) is 5.75 Å². The van der Waals surface area contributed by atoms with Crippen molar-refractivity contribution in [1.29, 1.82) is 0 Å². The number of aromatic nitrogens is 2. The fourth-order valence-electron chi connectivity index (χ4n) is 2.87. The van der Waals surface area contributed by atoms with E-state index in [1.165, 1.54) is 4.90 Å². The second-order valence-electron chi connectivity index (χ2n) is 5.75. The number of ether oxygens (including phenoxy) is 1. The highest BCUT2D eigenvalue weighted by atomic mass is 16.5. The maximum Gasteiger partial charge on any atom is 0.279 e. The molecule has 1 aromatic carbocycles. The van der Waals surface area contributed by atoms with Crippen molar-refractivity contribution in [1.82, 2.24) is 19.4 Å². The second-order valence-corrected chi connectivity index (χ2v) is 5.75. The van der Waals surface area contributed by atoms with E-state index in [0.29, 0.717) is 25.7 Å². The largest absolute Gasteiger partial charge is 0.492 e. The summed E-state index contributed by atoms with van der Waals surface area (Å²) >= 11 is 0. The Labute approximate surface area is 138 Å². The van der Waals surface area contributed by atoms with Crippen LogP contribution < -0.4 is 4.74 Å². The fourth-order valence-corrected chi connectivity index (χ4v) is 2.87. The molecule has 124 valence electrons. The van der Waals surface area contributed by atoms with Gasteiger partial charge in [0.1, 0.15) is 12.4 Å². The molecule has 0 radical (unpaired) electrons. The first-order chi connectivity index (χ1) is 11.6. The van der Waals surface area contributed by atoms with E-state index in [-0.39, 0.29) is 5.91 Å². The van der Waals surface area contributed by atoms with Gasteiger partial charge in [-0.15, -0.1) is 0 Å². The highest BCUT2D eigenvalue weighted by molar-refractivity contribution is 6.06. The number of aliphatic imine (C=N–C) groups is 1. The number of likely N-dealkylation sites (N-methyl/N-ethyl adjacent to an activating group) is 1. The molecule has 4 rings (SSSR count). The van der Waals surface area contributed by atoms with Crippen molar-refractivity contribution in [2.45, 2.75) is 19.3 Å². The Bertz CT molecular complexity index is 802. The minimum atomic E-state index is -1.17. The molecule has 0 bridgehead atoms. The van der Waals surface area contributed by atoms with E-state index in [4.69, 9.17) is 4.74 Å². The van der Waals surface area contributed by atoms with Crippen molar-refractivity contribution < 1.29 is 14.6 Å². The molecule has 1 amide bonds. The predicted molar refractivity (Wildman–Crippen MR) is 85.6 cm³/mol. The third-order valence-corrected chi connectivity index (χ3v) is 4.19. The number of nitrogens with zero attached hydrogens (tertiary/aromatic N) is 5. The summed E-state index contributed by atoms with van der Waals surface area (Å²) in [5.74, 6) is 0.855. The summed E-state index contributed by atoms with van der Waals surface area (Å²) in [7, 11) is 1.61. The van der Waals surface area contributed by atoms with Crippen molar-refractivity contribution in [3.05, 3.63) is 42.5 Å². The number of carbonyl (C=O) groups is 1. The fraction of sp³-hybridized carbons (Fsp3) is 0.312. The van der Waals surface area contributed by atoms with Gasteiger partial charge in [-0.3, -0.25) is 9.69 Å². The summed E-state index contributed by atoms with van der Waals surface area (Å²) < 4.78 is 7.71.